The molecule has 16 heavy (non-hydrogen) atoms. The summed E-state index contributed by atoms with van der Waals surface area (Å²) in [6.07, 6.45) is 16.3. The van der Waals surface area contributed by atoms with Gasteiger partial charge < -0.3 is 0 Å². The second kappa shape index (κ2) is 3.48. The highest BCUT2D eigenvalue weighted by molar-refractivity contribution is 5.53. The fourth-order valence-corrected chi connectivity index (χ4v) is 3.33. The zero-order valence-corrected chi connectivity index (χ0v) is 10.2. The molecule has 3 rings (SSSR count). The maximum atomic E-state index is 2.46. The van der Waals surface area contributed by atoms with E-state index in [1.165, 1.54) is 0 Å². The highest BCUT2D eigenvalue weighted by Gasteiger charge is 2.35. The third kappa shape index (κ3) is 1.36. The second-order valence-corrected chi connectivity index (χ2v) is 5.54. The zero-order valence-electron chi connectivity index (χ0n) is 10.2. The van der Waals surface area contributed by atoms with Crippen LogP contribution < -0.4 is 0 Å². The molecule has 0 saturated heterocycles. The number of hydrogen-bond acceptors (Lipinski definition) is 0. The molecule has 3 aliphatic rings. The zero-order chi connectivity index (χ0) is 11.2. The van der Waals surface area contributed by atoms with Crippen LogP contribution in [0.5, 0.6) is 0 Å². The standard InChI is InChI=1S/C16H19/c1-16(2)14-9-5-3-7-12(14)11-13-8-4-6-10-15(13)16/h3-6,11H,7-10H2,1-2H3. The van der Waals surface area contributed by atoms with Crippen LogP contribution in [-0.2, 0) is 0 Å². The van der Waals surface area contributed by atoms with Gasteiger partial charge >= 0.3 is 0 Å². The molecule has 0 aromatic rings. The Labute approximate surface area is 98.4 Å². The molecule has 0 unspecified atom stereocenters. The fourth-order valence-electron chi connectivity index (χ4n) is 3.33. The minimum atomic E-state index is 0.287. The maximum absolute atomic E-state index is 2.46. The lowest BCUT2D eigenvalue weighted by atomic mass is 9.64. The molecule has 0 heterocycles. The van der Waals surface area contributed by atoms with Crippen LogP contribution in [0.25, 0.3) is 0 Å². The lowest BCUT2D eigenvalue weighted by Crippen LogP contribution is -2.27. The summed E-state index contributed by atoms with van der Waals surface area (Å²) in [5.41, 5.74) is 6.77. The van der Waals surface area contributed by atoms with E-state index < -0.39 is 0 Å². The van der Waals surface area contributed by atoms with Gasteiger partial charge in [-0.3, -0.25) is 0 Å². The molecule has 0 atom stereocenters. The Morgan fingerprint density at radius 3 is 1.69 bits per heavy atom. The summed E-state index contributed by atoms with van der Waals surface area (Å²) in [6.45, 7) is 4.81. The molecule has 0 aromatic carbocycles. The molecule has 3 aliphatic carbocycles. The van der Waals surface area contributed by atoms with Crippen LogP contribution >= 0.6 is 0 Å². The molecule has 0 bridgehead atoms. The second-order valence-electron chi connectivity index (χ2n) is 5.54. The van der Waals surface area contributed by atoms with Crippen molar-refractivity contribution in [1.82, 2.24) is 0 Å². The minimum absolute atomic E-state index is 0.287. The Bertz CT molecular complexity index is 399. The van der Waals surface area contributed by atoms with Crippen molar-refractivity contribution < 1.29 is 0 Å². The molecule has 0 heteroatoms. The quantitative estimate of drug-likeness (QED) is 0.517. The van der Waals surface area contributed by atoms with Gasteiger partial charge in [0.15, 0.2) is 0 Å². The molecule has 83 valence electrons. The molecule has 0 amide bonds. The monoisotopic (exact) mass is 211 g/mol. The van der Waals surface area contributed by atoms with Gasteiger partial charge in [0.25, 0.3) is 0 Å². The Hall–Kier alpha value is -1.04. The van der Waals surface area contributed by atoms with Crippen LogP contribution in [0.2, 0.25) is 0 Å². The van der Waals surface area contributed by atoms with Crippen molar-refractivity contribution in [3.8, 4) is 0 Å². The Kier molecular flexibility index (Phi) is 2.20. The van der Waals surface area contributed by atoms with Crippen molar-refractivity contribution in [2.75, 3.05) is 0 Å². The molecule has 0 fully saturated rings. The first kappa shape index (κ1) is 10.1. The molecule has 1 radical (unpaired) electrons. The van der Waals surface area contributed by atoms with Gasteiger partial charge in [-0.15, -0.1) is 0 Å². The molecule has 0 N–H and O–H groups in total. The topological polar surface area (TPSA) is 0 Å². The summed E-state index contributed by atoms with van der Waals surface area (Å²) in [6, 6.07) is 0. The van der Waals surface area contributed by atoms with Gasteiger partial charge in [-0.2, -0.15) is 0 Å². The van der Waals surface area contributed by atoms with E-state index in [1.807, 2.05) is 0 Å². The predicted octanol–water partition coefficient (Wildman–Crippen LogP) is 4.52. The summed E-state index contributed by atoms with van der Waals surface area (Å²) < 4.78 is 0. The molecule has 0 aromatic heterocycles. The first-order valence-electron chi connectivity index (χ1n) is 6.29. The van der Waals surface area contributed by atoms with E-state index in [-0.39, 0.29) is 5.41 Å². The van der Waals surface area contributed by atoms with Gasteiger partial charge in [0.2, 0.25) is 0 Å². The van der Waals surface area contributed by atoms with Crippen molar-refractivity contribution in [3.63, 3.8) is 0 Å². The Morgan fingerprint density at radius 2 is 1.19 bits per heavy atom. The molecule has 0 nitrogen and oxygen atoms in total. The van der Waals surface area contributed by atoms with Gasteiger partial charge in [-0.1, -0.05) is 60.4 Å². The van der Waals surface area contributed by atoms with E-state index in [0.717, 1.165) is 25.7 Å². The Morgan fingerprint density at radius 1 is 0.750 bits per heavy atom. The van der Waals surface area contributed by atoms with Crippen LogP contribution in [0, 0.1) is 11.8 Å². The Balaban J connectivity index is 2.03. The summed E-state index contributed by atoms with van der Waals surface area (Å²) in [5.74, 6) is 0. The van der Waals surface area contributed by atoms with Crippen molar-refractivity contribution in [2.45, 2.75) is 39.5 Å². The van der Waals surface area contributed by atoms with Crippen molar-refractivity contribution >= 4 is 0 Å². The van der Waals surface area contributed by atoms with E-state index in [9.17, 15) is 0 Å². The van der Waals surface area contributed by atoms with Crippen molar-refractivity contribution in [1.29, 1.82) is 0 Å². The van der Waals surface area contributed by atoms with Crippen LogP contribution in [-0.4, -0.2) is 0 Å². The van der Waals surface area contributed by atoms with Crippen molar-refractivity contribution in [3.05, 3.63) is 53.0 Å². The maximum Gasteiger partial charge on any atom is 0.0123 e. The summed E-state index contributed by atoms with van der Waals surface area (Å²) in [5, 5.41) is 0. The lowest BCUT2D eigenvalue weighted by Gasteiger charge is -2.41. The number of allylic oxidation sites excluding steroid dienone is 8. The van der Waals surface area contributed by atoms with E-state index in [2.05, 4.69) is 44.6 Å². The average molecular weight is 211 g/mol. The minimum Gasteiger partial charge on any atom is -0.0841 e. The van der Waals surface area contributed by atoms with Crippen LogP contribution in [0.3, 0.4) is 0 Å². The normalized spacial score (nSPS) is 26.9. The first-order chi connectivity index (χ1) is 7.69. The van der Waals surface area contributed by atoms with Gasteiger partial charge in [0.1, 0.15) is 0 Å². The average Bonchev–Trinajstić information content (AvgIpc) is 2.29. The van der Waals surface area contributed by atoms with E-state index in [0.29, 0.717) is 0 Å². The van der Waals surface area contributed by atoms with Gasteiger partial charge in [0.05, 0.1) is 0 Å². The molecular weight excluding hydrogens is 192 g/mol. The first-order valence-corrected chi connectivity index (χ1v) is 6.29. The number of rotatable bonds is 0. The smallest absolute Gasteiger partial charge is 0.0123 e. The largest absolute Gasteiger partial charge is 0.0841 e. The van der Waals surface area contributed by atoms with Gasteiger partial charge in [-0.05, 0) is 25.7 Å². The SMILES string of the molecule is CC1(C)C2=C([CH]C3=C1CC=CC3)CC=CC2. The third-order valence-corrected chi connectivity index (χ3v) is 4.29. The lowest BCUT2D eigenvalue weighted by molar-refractivity contribution is 0.490. The van der Waals surface area contributed by atoms with Crippen LogP contribution in [0.15, 0.2) is 46.6 Å². The number of hydrogen-bond donors (Lipinski definition) is 0. The third-order valence-electron chi connectivity index (χ3n) is 4.29. The van der Waals surface area contributed by atoms with Gasteiger partial charge in [0, 0.05) is 11.8 Å². The molecule has 0 spiro atoms. The molecule has 0 saturated carbocycles. The molecular formula is C16H19. The van der Waals surface area contributed by atoms with E-state index in [4.69, 9.17) is 0 Å². The van der Waals surface area contributed by atoms with E-state index in [1.54, 1.807) is 22.3 Å². The summed E-state index contributed by atoms with van der Waals surface area (Å²) in [7, 11) is 0. The highest BCUT2D eigenvalue weighted by Crippen LogP contribution is 2.50. The summed E-state index contributed by atoms with van der Waals surface area (Å²) >= 11 is 0. The molecule has 0 aliphatic heterocycles. The van der Waals surface area contributed by atoms with Crippen LogP contribution in [0.4, 0.5) is 0 Å². The van der Waals surface area contributed by atoms with Crippen LogP contribution in [0.1, 0.15) is 39.5 Å². The predicted molar refractivity (Wildman–Crippen MR) is 68.9 cm³/mol. The van der Waals surface area contributed by atoms with Gasteiger partial charge in [-0.25, -0.2) is 0 Å². The summed E-state index contributed by atoms with van der Waals surface area (Å²) in [4.78, 5) is 0. The fraction of sp³-hybridized carbons (Fsp3) is 0.438. The van der Waals surface area contributed by atoms with Crippen molar-refractivity contribution in [2.24, 2.45) is 5.41 Å². The highest BCUT2D eigenvalue weighted by atomic mass is 14.4. The van der Waals surface area contributed by atoms with E-state index >= 15 is 0 Å².